The van der Waals surface area contributed by atoms with Gasteiger partial charge < -0.3 is 10.6 Å². The highest BCUT2D eigenvalue weighted by molar-refractivity contribution is 5.67. The molecule has 98 valence electrons. The van der Waals surface area contributed by atoms with Crippen molar-refractivity contribution in [3.63, 3.8) is 0 Å². The lowest BCUT2D eigenvalue weighted by Gasteiger charge is -2.38. The summed E-state index contributed by atoms with van der Waals surface area (Å²) in [5, 5.41) is 10.7. The van der Waals surface area contributed by atoms with Crippen LogP contribution in [-0.2, 0) is 0 Å². The largest absolute Gasteiger partial charge is 0.393 e. The van der Waals surface area contributed by atoms with Gasteiger partial charge in [0, 0.05) is 24.3 Å². The Kier molecular flexibility index (Phi) is 3.41. The molecule has 1 aliphatic rings. The van der Waals surface area contributed by atoms with Crippen LogP contribution >= 0.6 is 0 Å². The van der Waals surface area contributed by atoms with E-state index >= 15 is 0 Å². The Bertz CT molecular complexity index is 462. The highest BCUT2D eigenvalue weighted by atomic mass is 16.6. The molecule has 0 bridgehead atoms. The third-order valence-corrected chi connectivity index (χ3v) is 3.66. The average molecular weight is 249 g/mol. The van der Waals surface area contributed by atoms with Gasteiger partial charge in [0.1, 0.15) is 5.69 Å². The Balaban J connectivity index is 2.28. The van der Waals surface area contributed by atoms with Gasteiger partial charge in [-0.05, 0) is 37.8 Å². The summed E-state index contributed by atoms with van der Waals surface area (Å²) in [7, 11) is 0. The first kappa shape index (κ1) is 12.7. The van der Waals surface area contributed by atoms with Gasteiger partial charge in [0.05, 0.1) is 4.92 Å². The number of nitro benzene ring substituents is 1. The van der Waals surface area contributed by atoms with Crippen LogP contribution in [0.3, 0.4) is 0 Å². The molecule has 18 heavy (non-hydrogen) atoms. The van der Waals surface area contributed by atoms with E-state index < -0.39 is 4.92 Å². The van der Waals surface area contributed by atoms with E-state index in [0.29, 0.717) is 12.0 Å². The molecule has 2 atom stereocenters. The third-order valence-electron chi connectivity index (χ3n) is 3.66. The molecule has 1 aromatic carbocycles. The van der Waals surface area contributed by atoms with E-state index in [9.17, 15) is 10.1 Å². The van der Waals surface area contributed by atoms with Gasteiger partial charge in [0.2, 0.25) is 0 Å². The number of rotatable bonds is 2. The molecule has 0 amide bonds. The minimum atomic E-state index is -0.443. The lowest BCUT2D eigenvalue weighted by atomic mass is 9.94. The van der Waals surface area contributed by atoms with Crippen molar-refractivity contribution < 1.29 is 4.92 Å². The van der Waals surface area contributed by atoms with Gasteiger partial charge in [-0.3, -0.25) is 10.1 Å². The molecular weight excluding hydrogens is 230 g/mol. The van der Waals surface area contributed by atoms with Gasteiger partial charge in [-0.15, -0.1) is 0 Å². The zero-order chi connectivity index (χ0) is 13.3. The van der Waals surface area contributed by atoms with Crippen molar-refractivity contribution in [2.75, 3.05) is 17.2 Å². The summed E-state index contributed by atoms with van der Waals surface area (Å²) in [6, 6.07) is 5.47. The summed E-state index contributed by atoms with van der Waals surface area (Å²) in [6.07, 6.45) is 2.39. The number of piperidine rings is 1. The molecule has 0 aliphatic carbocycles. The van der Waals surface area contributed by atoms with Gasteiger partial charge in [0.25, 0.3) is 5.69 Å². The third kappa shape index (κ3) is 2.39. The fourth-order valence-corrected chi connectivity index (χ4v) is 2.54. The van der Waals surface area contributed by atoms with E-state index in [1.807, 2.05) is 0 Å². The van der Waals surface area contributed by atoms with E-state index in [-0.39, 0.29) is 11.4 Å². The summed E-state index contributed by atoms with van der Waals surface area (Å²) in [6.45, 7) is 5.40. The zero-order valence-electron chi connectivity index (χ0n) is 10.8. The van der Waals surface area contributed by atoms with Crippen molar-refractivity contribution in [2.45, 2.75) is 32.7 Å². The summed E-state index contributed by atoms with van der Waals surface area (Å²) in [4.78, 5) is 12.6. The average Bonchev–Trinajstić information content (AvgIpc) is 2.31. The van der Waals surface area contributed by atoms with Gasteiger partial charge in [0.15, 0.2) is 0 Å². The first-order valence-electron chi connectivity index (χ1n) is 6.29. The van der Waals surface area contributed by atoms with Crippen LogP contribution in [0, 0.1) is 16.0 Å². The van der Waals surface area contributed by atoms with Gasteiger partial charge in [-0.2, -0.15) is 0 Å². The number of hydrogen-bond donors (Lipinski definition) is 1. The van der Waals surface area contributed by atoms with Crippen LogP contribution in [-0.4, -0.2) is 17.5 Å². The summed E-state index contributed by atoms with van der Waals surface area (Å²) in [5.74, 6) is 0.651. The highest BCUT2D eigenvalue weighted by Crippen LogP contribution is 2.31. The zero-order valence-corrected chi connectivity index (χ0v) is 10.8. The minimum Gasteiger partial charge on any atom is -0.393 e. The summed E-state index contributed by atoms with van der Waals surface area (Å²) >= 11 is 0. The fraction of sp³-hybridized carbons (Fsp3) is 0.538. The molecule has 1 aliphatic heterocycles. The fourth-order valence-electron chi connectivity index (χ4n) is 2.54. The van der Waals surface area contributed by atoms with Gasteiger partial charge in [-0.1, -0.05) is 6.92 Å². The van der Waals surface area contributed by atoms with Crippen LogP contribution in [0.2, 0.25) is 0 Å². The van der Waals surface area contributed by atoms with E-state index in [0.717, 1.165) is 18.7 Å². The number of anilines is 2. The molecule has 0 aromatic heterocycles. The first-order chi connectivity index (χ1) is 8.49. The Labute approximate surface area is 107 Å². The smallest absolute Gasteiger partial charge is 0.292 e. The monoisotopic (exact) mass is 249 g/mol. The van der Waals surface area contributed by atoms with Crippen molar-refractivity contribution >= 4 is 17.1 Å². The van der Waals surface area contributed by atoms with Crippen molar-refractivity contribution in [2.24, 2.45) is 5.92 Å². The standard InChI is InChI=1S/C13H19N3O2/c1-9-3-4-10(2)15(8-9)11-5-6-13(16(17)18)12(14)7-11/h5-7,9-10H,3-4,8,14H2,1-2H3. The van der Waals surface area contributed by atoms with Crippen LogP contribution in [0.1, 0.15) is 26.7 Å². The predicted octanol–water partition coefficient (Wildman–Crippen LogP) is 2.80. The molecule has 1 heterocycles. The summed E-state index contributed by atoms with van der Waals surface area (Å²) in [5.41, 5.74) is 6.95. The number of nitro groups is 1. The van der Waals surface area contributed by atoms with E-state index in [1.165, 1.54) is 12.5 Å². The van der Waals surface area contributed by atoms with Crippen LogP contribution in [0.5, 0.6) is 0 Å². The molecule has 0 spiro atoms. The van der Waals surface area contributed by atoms with Gasteiger partial charge in [-0.25, -0.2) is 0 Å². The first-order valence-corrected chi connectivity index (χ1v) is 6.29. The Morgan fingerprint density at radius 3 is 2.72 bits per heavy atom. The highest BCUT2D eigenvalue weighted by Gasteiger charge is 2.24. The quantitative estimate of drug-likeness (QED) is 0.497. The number of nitrogens with zero attached hydrogens (tertiary/aromatic N) is 2. The Morgan fingerprint density at radius 1 is 1.39 bits per heavy atom. The van der Waals surface area contributed by atoms with E-state index in [2.05, 4.69) is 18.7 Å². The topological polar surface area (TPSA) is 72.4 Å². The number of nitrogen functional groups attached to an aromatic ring is 1. The molecule has 0 radical (unpaired) electrons. The predicted molar refractivity (Wildman–Crippen MR) is 72.7 cm³/mol. The lowest BCUT2D eigenvalue weighted by molar-refractivity contribution is -0.383. The molecule has 5 heteroatoms. The normalized spacial score (nSPS) is 24.0. The van der Waals surface area contributed by atoms with Crippen LogP contribution in [0.4, 0.5) is 17.1 Å². The number of hydrogen-bond acceptors (Lipinski definition) is 4. The SMILES string of the molecule is CC1CCC(C)N(c2ccc([N+](=O)[O-])c(N)c2)C1. The van der Waals surface area contributed by atoms with Crippen molar-refractivity contribution in [3.05, 3.63) is 28.3 Å². The second-order valence-corrected chi connectivity index (χ2v) is 5.18. The molecule has 1 aromatic rings. The maximum absolute atomic E-state index is 10.7. The molecule has 0 saturated carbocycles. The van der Waals surface area contributed by atoms with Crippen molar-refractivity contribution in [3.8, 4) is 0 Å². The molecule has 5 nitrogen and oxygen atoms in total. The van der Waals surface area contributed by atoms with Crippen LogP contribution in [0.15, 0.2) is 18.2 Å². The minimum absolute atomic E-state index is 0.0172. The van der Waals surface area contributed by atoms with Crippen molar-refractivity contribution in [1.29, 1.82) is 0 Å². The Hall–Kier alpha value is -1.78. The summed E-state index contributed by atoms with van der Waals surface area (Å²) < 4.78 is 0. The van der Waals surface area contributed by atoms with E-state index in [4.69, 9.17) is 5.73 Å². The van der Waals surface area contributed by atoms with Crippen LogP contribution in [0.25, 0.3) is 0 Å². The molecule has 2 unspecified atom stereocenters. The maximum Gasteiger partial charge on any atom is 0.292 e. The second-order valence-electron chi connectivity index (χ2n) is 5.18. The second kappa shape index (κ2) is 4.84. The molecule has 1 fully saturated rings. The Morgan fingerprint density at radius 2 is 2.11 bits per heavy atom. The maximum atomic E-state index is 10.7. The molecule has 1 saturated heterocycles. The molecule has 2 rings (SSSR count). The molecular formula is C13H19N3O2. The van der Waals surface area contributed by atoms with Gasteiger partial charge >= 0.3 is 0 Å². The number of nitrogens with two attached hydrogens (primary N) is 1. The van der Waals surface area contributed by atoms with E-state index in [1.54, 1.807) is 12.1 Å². The number of benzene rings is 1. The molecule has 2 N–H and O–H groups in total. The van der Waals surface area contributed by atoms with Crippen LogP contribution < -0.4 is 10.6 Å². The van der Waals surface area contributed by atoms with Crippen molar-refractivity contribution in [1.82, 2.24) is 0 Å². The lowest BCUT2D eigenvalue weighted by Crippen LogP contribution is -2.41.